The molecule has 2 N–H and O–H groups in total. The van der Waals surface area contributed by atoms with Gasteiger partial charge >= 0.3 is 0 Å². The van der Waals surface area contributed by atoms with E-state index >= 15 is 0 Å². The Labute approximate surface area is 316 Å². The summed E-state index contributed by atoms with van der Waals surface area (Å²) in [6.45, 7) is 0. The van der Waals surface area contributed by atoms with Crippen LogP contribution >= 0.6 is 0 Å². The maximum absolute atomic E-state index is 12.2. The zero-order valence-electron chi connectivity index (χ0n) is 29.3. The fourth-order valence-electron chi connectivity index (χ4n) is 7.35. The van der Waals surface area contributed by atoms with Crippen molar-refractivity contribution < 1.29 is 9.90 Å². The van der Waals surface area contributed by atoms with E-state index in [0.717, 1.165) is 66.9 Å². The molecular formula is C48H30N5O2-. The number of fused-ring (bicyclic) bond motifs is 8. The van der Waals surface area contributed by atoms with Crippen molar-refractivity contribution in [1.82, 2.24) is 19.9 Å². The minimum atomic E-state index is -1.56. The molecular weight excluding hydrogens is 679 g/mol. The van der Waals surface area contributed by atoms with Crippen molar-refractivity contribution in [1.29, 1.82) is 5.26 Å². The summed E-state index contributed by atoms with van der Waals surface area (Å²) in [4.78, 5) is 30.2. The Hall–Kier alpha value is -7.82. The summed E-state index contributed by atoms with van der Waals surface area (Å²) in [7, 11) is 0. The van der Waals surface area contributed by atoms with E-state index in [0.29, 0.717) is 28.0 Å². The van der Waals surface area contributed by atoms with Gasteiger partial charge in [0.2, 0.25) is 0 Å². The number of benzene rings is 4. The van der Waals surface area contributed by atoms with Gasteiger partial charge in [0, 0.05) is 44.4 Å². The predicted octanol–water partition coefficient (Wildman–Crippen LogP) is 9.98. The number of aromatic nitrogens is 4. The van der Waals surface area contributed by atoms with Crippen molar-refractivity contribution in [3.05, 3.63) is 173 Å². The highest BCUT2D eigenvalue weighted by molar-refractivity contribution is 6.04. The average Bonchev–Trinajstić information content (AvgIpc) is 4.06. The molecule has 5 heterocycles. The lowest BCUT2D eigenvalue weighted by atomic mass is 10.0. The Balaban J connectivity index is 1.54. The number of nitriles is 1. The molecule has 55 heavy (non-hydrogen) atoms. The molecule has 0 fully saturated rings. The normalized spacial score (nSPS) is 12.1. The van der Waals surface area contributed by atoms with E-state index in [1.165, 1.54) is 6.08 Å². The zero-order valence-corrected chi connectivity index (χ0v) is 29.3. The van der Waals surface area contributed by atoms with Crippen molar-refractivity contribution in [2.45, 2.75) is 0 Å². The van der Waals surface area contributed by atoms with Gasteiger partial charge in [-0.15, -0.1) is 0 Å². The number of aliphatic carboxylic acids is 1. The lowest BCUT2D eigenvalue weighted by molar-refractivity contribution is -0.298. The van der Waals surface area contributed by atoms with Gasteiger partial charge in [-0.2, -0.15) is 5.26 Å². The SMILES string of the molecule is N#C/C(=C/c1cc2[nH]c1c(-c1ccccc1)c1nc(c(-c3ccccc3)c3ccc([nH]3)c(-c3ccccc3)c3nc(c2-c2ccccc2)C=C3)C=C1)C(=O)[O-]. The van der Waals surface area contributed by atoms with Crippen LogP contribution in [0.1, 0.15) is 28.3 Å². The van der Waals surface area contributed by atoms with Crippen LogP contribution in [0.3, 0.4) is 0 Å². The van der Waals surface area contributed by atoms with Crippen LogP contribution < -0.4 is 5.11 Å². The summed E-state index contributed by atoms with van der Waals surface area (Å²) in [6.07, 6.45) is 9.39. The third-order valence-electron chi connectivity index (χ3n) is 9.79. The van der Waals surface area contributed by atoms with Gasteiger partial charge in [0.15, 0.2) is 0 Å². The van der Waals surface area contributed by atoms with Crippen molar-refractivity contribution in [3.63, 3.8) is 0 Å². The van der Waals surface area contributed by atoms with Gasteiger partial charge in [0.25, 0.3) is 0 Å². The number of aromatic amines is 2. The Morgan fingerprint density at radius 3 is 1.31 bits per heavy atom. The van der Waals surface area contributed by atoms with E-state index in [-0.39, 0.29) is 0 Å². The number of hydrogen-bond donors (Lipinski definition) is 2. The molecule has 3 aromatic heterocycles. The Morgan fingerprint density at radius 2 is 0.909 bits per heavy atom. The number of carboxylic acid groups (broad SMARTS) is 1. The molecule has 9 rings (SSSR count). The fourth-order valence-corrected chi connectivity index (χ4v) is 7.35. The van der Waals surface area contributed by atoms with Crippen molar-refractivity contribution >= 4 is 58.4 Å². The van der Waals surface area contributed by atoms with Crippen LogP contribution in [0.2, 0.25) is 0 Å². The van der Waals surface area contributed by atoms with E-state index < -0.39 is 11.5 Å². The molecule has 2 aliphatic heterocycles. The highest BCUT2D eigenvalue weighted by atomic mass is 16.4. The van der Waals surface area contributed by atoms with Gasteiger partial charge in [-0.05, 0) is 70.8 Å². The molecule has 0 aliphatic carbocycles. The number of carbonyl (C=O) groups excluding carboxylic acids is 1. The second kappa shape index (κ2) is 14.0. The van der Waals surface area contributed by atoms with E-state index in [2.05, 4.69) is 46.4 Å². The standard InChI is InChI=1S/C48H31N5O2/c49-29-35(48(54)55)27-34-28-42-45(32-17-9-3-10-18-32)40-24-23-38(51-40)43(30-13-5-1-6-14-30)36-21-22-37(50-36)44(31-15-7-2-8-16-31)39-25-26-41(52-39)46(47(34)53-42)33-19-11-4-12-20-33/h1-28,50,53H,(H,54,55)/p-1/b35-27-,43-36?,43-38?,44-37?,44-39?,45-40?,45-42?,46-41?,47-46?. The number of H-pyrrole nitrogens is 2. The van der Waals surface area contributed by atoms with Gasteiger partial charge in [-0.25, -0.2) is 9.97 Å². The summed E-state index contributed by atoms with van der Waals surface area (Å²) >= 11 is 0. The predicted molar refractivity (Wildman–Crippen MR) is 219 cm³/mol. The Morgan fingerprint density at radius 1 is 0.527 bits per heavy atom. The first-order valence-corrected chi connectivity index (χ1v) is 17.8. The summed E-state index contributed by atoms with van der Waals surface area (Å²) in [6, 6.07) is 48.0. The van der Waals surface area contributed by atoms with Crippen LogP contribution in [0, 0.1) is 11.3 Å². The molecule has 0 atom stereocenters. The van der Waals surface area contributed by atoms with Crippen molar-refractivity contribution in [3.8, 4) is 50.6 Å². The largest absolute Gasteiger partial charge is 0.544 e. The number of nitrogens with zero attached hydrogens (tertiary/aromatic N) is 3. The van der Waals surface area contributed by atoms with Crippen LogP contribution in [-0.2, 0) is 4.79 Å². The van der Waals surface area contributed by atoms with Crippen molar-refractivity contribution in [2.75, 3.05) is 0 Å². The Bertz CT molecular complexity index is 2930. The lowest BCUT2D eigenvalue weighted by Gasteiger charge is -2.07. The first-order valence-electron chi connectivity index (χ1n) is 17.8. The zero-order chi connectivity index (χ0) is 37.3. The van der Waals surface area contributed by atoms with Crippen LogP contribution in [0.15, 0.2) is 145 Å². The molecule has 2 aliphatic rings. The maximum atomic E-state index is 12.2. The second-order valence-electron chi connectivity index (χ2n) is 13.2. The minimum Gasteiger partial charge on any atom is -0.544 e. The highest BCUT2D eigenvalue weighted by Gasteiger charge is 2.20. The molecule has 7 heteroatoms. The molecule has 0 radical (unpaired) electrons. The third kappa shape index (κ3) is 6.14. The molecule has 260 valence electrons. The minimum absolute atomic E-state index is 0.487. The molecule has 7 nitrogen and oxygen atoms in total. The smallest absolute Gasteiger partial charge is 0.101 e. The molecule has 0 amide bonds. The van der Waals surface area contributed by atoms with E-state index in [1.807, 2.05) is 134 Å². The van der Waals surface area contributed by atoms with Gasteiger partial charge < -0.3 is 19.9 Å². The molecule has 0 saturated heterocycles. The number of hydrogen-bond acceptors (Lipinski definition) is 5. The quantitative estimate of drug-likeness (QED) is 0.132. The highest BCUT2D eigenvalue weighted by Crippen LogP contribution is 2.39. The number of rotatable bonds is 6. The maximum Gasteiger partial charge on any atom is 0.101 e. The summed E-state index contributed by atoms with van der Waals surface area (Å²) in [5.74, 6) is -1.56. The van der Waals surface area contributed by atoms with Crippen LogP contribution in [-0.4, -0.2) is 25.9 Å². The van der Waals surface area contributed by atoms with Gasteiger partial charge in [0.05, 0.1) is 39.8 Å². The first-order chi connectivity index (χ1) is 27.1. The summed E-state index contributed by atoms with van der Waals surface area (Å²) in [5.41, 5.74) is 13.1. The van der Waals surface area contributed by atoms with Crippen molar-refractivity contribution in [2.24, 2.45) is 0 Å². The topological polar surface area (TPSA) is 121 Å². The van der Waals surface area contributed by atoms with E-state index in [1.54, 1.807) is 0 Å². The van der Waals surface area contributed by atoms with Crippen LogP contribution in [0.4, 0.5) is 0 Å². The summed E-state index contributed by atoms with van der Waals surface area (Å²) < 4.78 is 0. The Kier molecular flexibility index (Phi) is 8.39. The van der Waals surface area contributed by atoms with Gasteiger partial charge in [-0.1, -0.05) is 121 Å². The van der Waals surface area contributed by atoms with Gasteiger partial charge in [-0.3, -0.25) is 0 Å². The second-order valence-corrected chi connectivity index (χ2v) is 13.2. The molecule has 0 saturated carbocycles. The molecule has 4 aromatic carbocycles. The third-order valence-corrected chi connectivity index (χ3v) is 9.79. The fraction of sp³-hybridized carbons (Fsp3) is 0. The van der Waals surface area contributed by atoms with E-state index in [4.69, 9.17) is 9.97 Å². The first kappa shape index (κ1) is 33.0. The monoisotopic (exact) mass is 708 g/mol. The molecule has 7 aromatic rings. The lowest BCUT2D eigenvalue weighted by Crippen LogP contribution is -2.23. The van der Waals surface area contributed by atoms with E-state index in [9.17, 15) is 15.2 Å². The number of nitrogens with one attached hydrogen (secondary N) is 2. The summed E-state index contributed by atoms with van der Waals surface area (Å²) in [5, 5.41) is 22.1. The molecule has 0 unspecified atom stereocenters. The average molecular weight is 709 g/mol. The van der Waals surface area contributed by atoms with Crippen LogP contribution in [0.25, 0.3) is 97.0 Å². The van der Waals surface area contributed by atoms with Gasteiger partial charge in [0.1, 0.15) is 6.07 Å². The molecule has 0 spiro atoms. The molecule has 8 bridgehead atoms. The van der Waals surface area contributed by atoms with Crippen LogP contribution in [0.5, 0.6) is 0 Å². The number of carboxylic acids is 1. The number of carbonyl (C=O) groups is 1.